The number of hydrogen-bond acceptors (Lipinski definition) is 1. The third kappa shape index (κ3) is 0.815. The highest BCUT2D eigenvalue weighted by molar-refractivity contribution is 5.79. The van der Waals surface area contributed by atoms with Gasteiger partial charge in [0.05, 0.1) is 0 Å². The normalized spacial score (nSPS) is 27.7. The Balaban J connectivity index is 2.16. The first kappa shape index (κ1) is 7.14. The fourth-order valence-electron chi connectivity index (χ4n) is 2.49. The number of carbonyl (C=O) groups is 1. The molecule has 2 aliphatic rings. The molecule has 1 aliphatic heterocycles. The third-order valence-electron chi connectivity index (χ3n) is 3.28. The van der Waals surface area contributed by atoms with Crippen LogP contribution in [0.3, 0.4) is 0 Å². The van der Waals surface area contributed by atoms with Gasteiger partial charge in [0, 0.05) is 18.5 Å². The Labute approximate surface area is 67.6 Å². The van der Waals surface area contributed by atoms with E-state index in [1.54, 1.807) is 0 Å². The van der Waals surface area contributed by atoms with E-state index in [-0.39, 0.29) is 0 Å². The first-order valence-electron chi connectivity index (χ1n) is 4.59. The molecule has 11 heavy (non-hydrogen) atoms. The molecule has 0 aromatic heterocycles. The Kier molecular flexibility index (Phi) is 1.44. The van der Waals surface area contributed by atoms with E-state index >= 15 is 0 Å². The Morgan fingerprint density at radius 1 is 1.45 bits per heavy atom. The van der Waals surface area contributed by atoms with Crippen molar-refractivity contribution in [3.63, 3.8) is 0 Å². The summed E-state index contributed by atoms with van der Waals surface area (Å²) in [7, 11) is 0. The van der Waals surface area contributed by atoms with E-state index in [9.17, 15) is 4.79 Å². The Morgan fingerprint density at radius 2 is 2.18 bits per heavy atom. The fraction of sp³-hybridized carbons (Fsp3) is 0.889. The van der Waals surface area contributed by atoms with Gasteiger partial charge in [-0.15, -0.1) is 0 Å². The molecule has 2 fully saturated rings. The molecule has 1 saturated carbocycles. The lowest BCUT2D eigenvalue weighted by atomic mass is 9.75. The highest BCUT2D eigenvalue weighted by Crippen LogP contribution is 2.45. The van der Waals surface area contributed by atoms with E-state index in [1.165, 1.54) is 19.3 Å². The van der Waals surface area contributed by atoms with Gasteiger partial charge in [0.2, 0.25) is 5.91 Å². The molecule has 0 N–H and O–H groups in total. The van der Waals surface area contributed by atoms with Crippen molar-refractivity contribution in [3.05, 3.63) is 0 Å². The predicted octanol–water partition coefficient (Wildman–Crippen LogP) is 1.55. The van der Waals surface area contributed by atoms with Crippen LogP contribution in [0.1, 0.15) is 39.0 Å². The average Bonchev–Trinajstić information content (AvgIpc) is 2.25. The van der Waals surface area contributed by atoms with Gasteiger partial charge in [-0.25, -0.2) is 0 Å². The number of carbonyl (C=O) groups excluding carboxylic acids is 1. The molecule has 0 atom stereocenters. The minimum Gasteiger partial charge on any atom is -0.337 e. The highest BCUT2D eigenvalue weighted by Gasteiger charge is 2.48. The third-order valence-corrected chi connectivity index (χ3v) is 3.28. The summed E-state index contributed by atoms with van der Waals surface area (Å²) in [5, 5.41) is 0. The summed E-state index contributed by atoms with van der Waals surface area (Å²) in [6.45, 7) is 3.00. The zero-order chi connectivity index (χ0) is 7.90. The van der Waals surface area contributed by atoms with Gasteiger partial charge < -0.3 is 4.90 Å². The second-order valence-electron chi connectivity index (χ2n) is 3.72. The van der Waals surface area contributed by atoms with Crippen LogP contribution < -0.4 is 0 Å². The number of amides is 1. The van der Waals surface area contributed by atoms with Gasteiger partial charge in [0.15, 0.2) is 0 Å². The summed E-state index contributed by atoms with van der Waals surface area (Å²) in [5.74, 6) is 0.382. The molecule has 0 unspecified atom stereocenters. The van der Waals surface area contributed by atoms with E-state index in [1.807, 2.05) is 0 Å². The summed E-state index contributed by atoms with van der Waals surface area (Å²) in [6.07, 6.45) is 5.76. The van der Waals surface area contributed by atoms with Crippen molar-refractivity contribution in [3.8, 4) is 0 Å². The number of hydrogen-bond donors (Lipinski definition) is 0. The molecule has 0 aromatic carbocycles. The molecule has 0 bridgehead atoms. The van der Waals surface area contributed by atoms with E-state index in [2.05, 4.69) is 11.8 Å². The second kappa shape index (κ2) is 2.23. The van der Waals surface area contributed by atoms with Crippen LogP contribution in [0, 0.1) is 0 Å². The molecule has 2 nitrogen and oxygen atoms in total. The average molecular weight is 153 g/mol. The van der Waals surface area contributed by atoms with Crippen molar-refractivity contribution in [2.75, 3.05) is 6.54 Å². The van der Waals surface area contributed by atoms with E-state index < -0.39 is 0 Å². The Hall–Kier alpha value is -0.530. The van der Waals surface area contributed by atoms with Crippen LogP contribution in [0.4, 0.5) is 0 Å². The number of rotatable bonds is 1. The van der Waals surface area contributed by atoms with Crippen molar-refractivity contribution in [2.24, 2.45) is 0 Å². The minimum absolute atomic E-state index is 0.339. The van der Waals surface area contributed by atoms with Crippen LogP contribution in [0.2, 0.25) is 0 Å². The zero-order valence-corrected chi connectivity index (χ0v) is 7.10. The summed E-state index contributed by atoms with van der Waals surface area (Å²) in [5.41, 5.74) is 0.339. The molecule has 2 heteroatoms. The fourth-order valence-corrected chi connectivity index (χ4v) is 2.49. The van der Waals surface area contributed by atoms with Gasteiger partial charge >= 0.3 is 0 Å². The van der Waals surface area contributed by atoms with Gasteiger partial charge in [0.1, 0.15) is 0 Å². The van der Waals surface area contributed by atoms with E-state index in [0.29, 0.717) is 11.4 Å². The molecule has 62 valence electrons. The van der Waals surface area contributed by atoms with Gasteiger partial charge in [0.25, 0.3) is 0 Å². The molecule has 1 spiro atoms. The van der Waals surface area contributed by atoms with E-state index in [0.717, 1.165) is 19.4 Å². The van der Waals surface area contributed by atoms with Crippen LogP contribution in [0.25, 0.3) is 0 Å². The van der Waals surface area contributed by atoms with Crippen molar-refractivity contribution in [1.82, 2.24) is 4.90 Å². The molecule has 0 aromatic rings. The van der Waals surface area contributed by atoms with Crippen molar-refractivity contribution in [1.29, 1.82) is 0 Å². The maximum atomic E-state index is 11.3. The molecular formula is C9H15NO. The lowest BCUT2D eigenvalue weighted by Gasteiger charge is -2.45. The van der Waals surface area contributed by atoms with Gasteiger partial charge in [-0.2, -0.15) is 0 Å². The monoisotopic (exact) mass is 153 g/mol. The largest absolute Gasteiger partial charge is 0.337 e. The summed E-state index contributed by atoms with van der Waals surface area (Å²) in [4.78, 5) is 13.4. The standard InChI is InChI=1S/C9H15NO/c1-2-10-8(11)4-7-9(10)5-3-6-9/h2-7H2,1H3. The Bertz CT molecular complexity index is 184. The molecule has 1 saturated heterocycles. The van der Waals surface area contributed by atoms with Crippen LogP contribution in [-0.2, 0) is 4.79 Å². The lowest BCUT2D eigenvalue weighted by molar-refractivity contribution is -0.133. The summed E-state index contributed by atoms with van der Waals surface area (Å²) in [6, 6.07) is 0. The molecule has 1 aliphatic carbocycles. The second-order valence-corrected chi connectivity index (χ2v) is 3.72. The van der Waals surface area contributed by atoms with Crippen LogP contribution >= 0.6 is 0 Å². The first-order chi connectivity index (χ1) is 5.28. The number of nitrogens with zero attached hydrogens (tertiary/aromatic N) is 1. The van der Waals surface area contributed by atoms with Crippen molar-refractivity contribution < 1.29 is 4.79 Å². The lowest BCUT2D eigenvalue weighted by Crippen LogP contribution is -2.50. The highest BCUT2D eigenvalue weighted by atomic mass is 16.2. The zero-order valence-electron chi connectivity index (χ0n) is 7.10. The van der Waals surface area contributed by atoms with Crippen LogP contribution in [-0.4, -0.2) is 22.9 Å². The number of likely N-dealkylation sites (tertiary alicyclic amines) is 1. The maximum Gasteiger partial charge on any atom is 0.223 e. The predicted molar refractivity (Wildman–Crippen MR) is 43.2 cm³/mol. The van der Waals surface area contributed by atoms with Gasteiger partial charge in [-0.1, -0.05) is 0 Å². The van der Waals surface area contributed by atoms with Crippen molar-refractivity contribution in [2.45, 2.75) is 44.6 Å². The smallest absolute Gasteiger partial charge is 0.223 e. The molecule has 0 radical (unpaired) electrons. The molecular weight excluding hydrogens is 138 g/mol. The first-order valence-corrected chi connectivity index (χ1v) is 4.59. The van der Waals surface area contributed by atoms with E-state index in [4.69, 9.17) is 0 Å². The Morgan fingerprint density at radius 3 is 2.55 bits per heavy atom. The van der Waals surface area contributed by atoms with Crippen LogP contribution in [0.15, 0.2) is 0 Å². The minimum atomic E-state index is 0.339. The summed E-state index contributed by atoms with van der Waals surface area (Å²) >= 11 is 0. The molecule has 1 amide bonds. The topological polar surface area (TPSA) is 20.3 Å². The van der Waals surface area contributed by atoms with Gasteiger partial charge in [-0.05, 0) is 32.6 Å². The van der Waals surface area contributed by atoms with Gasteiger partial charge in [-0.3, -0.25) is 4.79 Å². The molecule has 2 rings (SSSR count). The molecule has 1 heterocycles. The quantitative estimate of drug-likeness (QED) is 0.559. The maximum absolute atomic E-state index is 11.3. The van der Waals surface area contributed by atoms with Crippen molar-refractivity contribution >= 4 is 5.91 Å². The van der Waals surface area contributed by atoms with Crippen LogP contribution in [0.5, 0.6) is 0 Å². The SMILES string of the molecule is CCN1C(=O)CCC12CCC2. The summed E-state index contributed by atoms with van der Waals surface area (Å²) < 4.78 is 0.